The summed E-state index contributed by atoms with van der Waals surface area (Å²) in [6.07, 6.45) is 0. The first-order valence-electron chi connectivity index (χ1n) is 10.3. The molecule has 0 spiro atoms. The number of methoxy groups -OCH3 is 2. The van der Waals surface area contributed by atoms with Crippen LogP contribution in [0, 0.1) is 6.92 Å². The number of amides is 1. The lowest BCUT2D eigenvalue weighted by Gasteiger charge is -2.12. The summed E-state index contributed by atoms with van der Waals surface area (Å²) in [6, 6.07) is 23.3. The number of rotatable bonds is 8. The average Bonchev–Trinajstić information content (AvgIpc) is 3.27. The van der Waals surface area contributed by atoms with Crippen LogP contribution in [0.2, 0.25) is 0 Å². The van der Waals surface area contributed by atoms with Crippen LogP contribution < -0.4 is 14.8 Å². The second-order valence-corrected chi connectivity index (χ2v) is 8.19. The smallest absolute Gasteiger partial charge is 0.234 e. The third-order valence-electron chi connectivity index (χ3n) is 4.96. The highest BCUT2D eigenvalue weighted by Crippen LogP contribution is 2.31. The van der Waals surface area contributed by atoms with Gasteiger partial charge in [0.25, 0.3) is 0 Å². The molecule has 0 radical (unpaired) electrons. The molecule has 0 fully saturated rings. The number of carbonyl (C=O) groups is 1. The zero-order valence-electron chi connectivity index (χ0n) is 18.6. The van der Waals surface area contributed by atoms with E-state index in [0.29, 0.717) is 22.3 Å². The maximum atomic E-state index is 12.6. The first-order chi connectivity index (χ1) is 16.1. The molecule has 0 saturated heterocycles. The van der Waals surface area contributed by atoms with Gasteiger partial charge in [0, 0.05) is 23.0 Å². The minimum absolute atomic E-state index is 0.160. The average molecular weight is 461 g/mol. The number of aromatic nitrogens is 3. The number of benzene rings is 3. The second-order valence-electron chi connectivity index (χ2n) is 7.25. The van der Waals surface area contributed by atoms with E-state index < -0.39 is 0 Å². The van der Waals surface area contributed by atoms with Crippen molar-refractivity contribution in [2.24, 2.45) is 0 Å². The van der Waals surface area contributed by atoms with E-state index in [-0.39, 0.29) is 11.7 Å². The predicted molar refractivity (Wildman–Crippen MR) is 130 cm³/mol. The highest BCUT2D eigenvalue weighted by atomic mass is 32.2. The Hall–Kier alpha value is -3.78. The lowest BCUT2D eigenvalue weighted by atomic mass is 10.1. The summed E-state index contributed by atoms with van der Waals surface area (Å²) in [6.45, 7) is 2.05. The normalized spacial score (nSPS) is 10.6. The van der Waals surface area contributed by atoms with E-state index in [1.165, 1.54) is 17.3 Å². The molecule has 1 aromatic heterocycles. The molecule has 4 rings (SSSR count). The number of hydrogen-bond donors (Lipinski definition) is 1. The Balaban J connectivity index is 1.54. The quantitative estimate of drug-likeness (QED) is 0.373. The predicted octanol–water partition coefficient (Wildman–Crippen LogP) is 4.99. The molecule has 8 heteroatoms. The summed E-state index contributed by atoms with van der Waals surface area (Å²) in [7, 11) is 3.13. The summed E-state index contributed by atoms with van der Waals surface area (Å²) >= 11 is 1.33. The topological polar surface area (TPSA) is 78.3 Å². The number of carbonyl (C=O) groups excluding carboxylic acids is 1. The fourth-order valence-electron chi connectivity index (χ4n) is 3.30. The van der Waals surface area contributed by atoms with Crippen LogP contribution in [0.1, 0.15) is 5.56 Å². The Labute approximate surface area is 196 Å². The third kappa shape index (κ3) is 5.18. The summed E-state index contributed by atoms with van der Waals surface area (Å²) < 4.78 is 12.5. The van der Waals surface area contributed by atoms with Crippen molar-refractivity contribution in [3.8, 4) is 28.6 Å². The Kier molecular flexibility index (Phi) is 6.95. The molecule has 1 heterocycles. The Morgan fingerprint density at radius 2 is 1.67 bits per heavy atom. The molecule has 0 aliphatic rings. The maximum absolute atomic E-state index is 12.6. The zero-order chi connectivity index (χ0) is 23.2. The van der Waals surface area contributed by atoms with Gasteiger partial charge in [-0.1, -0.05) is 59.8 Å². The third-order valence-corrected chi connectivity index (χ3v) is 5.89. The van der Waals surface area contributed by atoms with Gasteiger partial charge in [0.1, 0.15) is 0 Å². The number of para-hydroxylation sites is 1. The van der Waals surface area contributed by atoms with Gasteiger partial charge in [-0.3, -0.25) is 9.36 Å². The number of anilines is 1. The first-order valence-corrected chi connectivity index (χ1v) is 11.3. The lowest BCUT2D eigenvalue weighted by Crippen LogP contribution is -2.14. The minimum atomic E-state index is -0.160. The maximum Gasteiger partial charge on any atom is 0.234 e. The van der Waals surface area contributed by atoms with Crippen LogP contribution in [0.3, 0.4) is 0 Å². The van der Waals surface area contributed by atoms with Gasteiger partial charge in [0.05, 0.1) is 20.0 Å². The number of hydrogen-bond acceptors (Lipinski definition) is 6. The summed E-state index contributed by atoms with van der Waals surface area (Å²) in [5, 5.41) is 12.3. The van der Waals surface area contributed by atoms with Crippen LogP contribution in [0.5, 0.6) is 11.5 Å². The highest BCUT2D eigenvalue weighted by molar-refractivity contribution is 7.99. The van der Waals surface area contributed by atoms with Gasteiger partial charge < -0.3 is 14.8 Å². The van der Waals surface area contributed by atoms with Crippen LogP contribution >= 0.6 is 11.8 Å². The highest BCUT2D eigenvalue weighted by Gasteiger charge is 2.17. The van der Waals surface area contributed by atoms with Gasteiger partial charge in [-0.2, -0.15) is 0 Å². The van der Waals surface area contributed by atoms with Crippen molar-refractivity contribution in [2.75, 3.05) is 25.3 Å². The van der Waals surface area contributed by atoms with Gasteiger partial charge in [-0.05, 0) is 31.2 Å². The van der Waals surface area contributed by atoms with Crippen LogP contribution in [0.4, 0.5) is 5.69 Å². The molecule has 0 bridgehead atoms. The molecule has 7 nitrogen and oxygen atoms in total. The fourth-order valence-corrected chi connectivity index (χ4v) is 4.06. The molecule has 0 atom stereocenters. The molecular formula is C25H24N4O3S. The van der Waals surface area contributed by atoms with E-state index in [2.05, 4.69) is 15.5 Å². The van der Waals surface area contributed by atoms with Crippen LogP contribution in [0.25, 0.3) is 17.1 Å². The second kappa shape index (κ2) is 10.2. The molecular weight excluding hydrogens is 436 g/mol. The lowest BCUT2D eigenvalue weighted by molar-refractivity contribution is -0.113. The monoisotopic (exact) mass is 460 g/mol. The summed E-state index contributed by atoms with van der Waals surface area (Å²) in [4.78, 5) is 12.6. The molecule has 1 N–H and O–H groups in total. The molecule has 4 aromatic rings. The van der Waals surface area contributed by atoms with Crippen molar-refractivity contribution in [2.45, 2.75) is 12.1 Å². The number of nitrogens with one attached hydrogen (secondary N) is 1. The molecule has 0 aliphatic heterocycles. The number of thioether (sulfide) groups is 1. The number of aryl methyl sites for hydroxylation is 1. The summed E-state index contributed by atoms with van der Waals surface area (Å²) in [5.74, 6) is 1.89. The van der Waals surface area contributed by atoms with E-state index in [1.807, 2.05) is 66.1 Å². The Morgan fingerprint density at radius 3 is 2.36 bits per heavy atom. The van der Waals surface area contributed by atoms with Gasteiger partial charge in [0.15, 0.2) is 22.5 Å². The molecule has 33 heavy (non-hydrogen) atoms. The molecule has 0 aliphatic carbocycles. The molecule has 3 aromatic carbocycles. The summed E-state index contributed by atoms with van der Waals surface area (Å²) in [5.41, 5.74) is 3.69. The van der Waals surface area contributed by atoms with Gasteiger partial charge in [-0.15, -0.1) is 10.2 Å². The van der Waals surface area contributed by atoms with Gasteiger partial charge >= 0.3 is 0 Å². The van der Waals surface area contributed by atoms with Gasteiger partial charge in [-0.25, -0.2) is 0 Å². The van der Waals surface area contributed by atoms with Crippen LogP contribution in [-0.4, -0.2) is 40.6 Å². The molecule has 168 valence electrons. The standard InChI is InChI=1S/C25H24N4O3S/c1-17-9-11-18(12-10-17)24-27-28-25(29(24)20-7-5-4-6-8-20)33-16-23(30)26-19-13-14-21(31-2)22(15-19)32-3/h4-15H,16H2,1-3H3,(H,26,30). The van der Waals surface area contributed by atoms with Crippen molar-refractivity contribution in [1.82, 2.24) is 14.8 Å². The van der Waals surface area contributed by atoms with E-state index in [9.17, 15) is 4.79 Å². The first kappa shape index (κ1) is 22.4. The minimum Gasteiger partial charge on any atom is -0.493 e. The van der Waals surface area contributed by atoms with Crippen molar-refractivity contribution in [3.05, 3.63) is 78.4 Å². The van der Waals surface area contributed by atoms with Gasteiger partial charge in [0.2, 0.25) is 5.91 Å². The Bertz CT molecular complexity index is 1240. The molecule has 0 saturated carbocycles. The van der Waals surface area contributed by atoms with E-state index in [1.54, 1.807) is 32.4 Å². The molecule has 0 unspecified atom stereocenters. The van der Waals surface area contributed by atoms with E-state index >= 15 is 0 Å². The van der Waals surface area contributed by atoms with Crippen LogP contribution in [0.15, 0.2) is 78.0 Å². The van der Waals surface area contributed by atoms with Crippen molar-refractivity contribution < 1.29 is 14.3 Å². The van der Waals surface area contributed by atoms with E-state index in [4.69, 9.17) is 9.47 Å². The largest absolute Gasteiger partial charge is 0.493 e. The Morgan fingerprint density at radius 1 is 0.939 bits per heavy atom. The SMILES string of the molecule is COc1ccc(NC(=O)CSc2nnc(-c3ccc(C)cc3)n2-c2ccccc2)cc1OC. The van der Waals surface area contributed by atoms with Crippen LogP contribution in [-0.2, 0) is 4.79 Å². The molecule has 1 amide bonds. The zero-order valence-corrected chi connectivity index (χ0v) is 19.4. The van der Waals surface area contributed by atoms with E-state index in [0.717, 1.165) is 17.1 Å². The fraction of sp³-hybridized carbons (Fsp3) is 0.160. The van der Waals surface area contributed by atoms with Crippen molar-refractivity contribution in [3.63, 3.8) is 0 Å². The number of nitrogens with zero attached hydrogens (tertiary/aromatic N) is 3. The van der Waals surface area contributed by atoms with Crippen molar-refractivity contribution >= 4 is 23.4 Å². The number of ether oxygens (including phenoxy) is 2. The van der Waals surface area contributed by atoms with Crippen molar-refractivity contribution in [1.29, 1.82) is 0 Å².